The van der Waals surface area contributed by atoms with Gasteiger partial charge in [0.05, 0.1) is 0 Å². The molecule has 0 saturated heterocycles. The molecule has 0 saturated carbocycles. The van der Waals surface area contributed by atoms with Crippen LogP contribution in [0, 0.1) is 0 Å². The average molecular weight is 487 g/mol. The largest absolute Gasteiger partial charge is 1.00 e. The van der Waals surface area contributed by atoms with Gasteiger partial charge in [-0.15, -0.1) is 0 Å². The quantitative estimate of drug-likeness (QED) is 0.231. The number of hydrogen-bond acceptors (Lipinski definition) is 2. The summed E-state index contributed by atoms with van der Waals surface area (Å²) in [5.74, 6) is -0.901. The minimum absolute atomic E-state index is 0. The van der Waals surface area contributed by atoms with Crippen molar-refractivity contribution in [1.82, 2.24) is 0 Å². The van der Waals surface area contributed by atoms with E-state index in [-0.39, 0.29) is 75.3 Å². The molecule has 0 heterocycles. The average Bonchev–Trinajstić information content (AvgIpc) is 2.60. The van der Waals surface area contributed by atoms with Gasteiger partial charge in [-0.2, -0.15) is 0 Å². The number of hydrogen-bond donors (Lipinski definition) is 0. The molecule has 2 nitrogen and oxygen atoms in total. The number of carbonyl (C=O) groups excluding carboxylic acids is 1. The van der Waals surface area contributed by atoms with Crippen molar-refractivity contribution >= 4 is 5.97 Å². The minimum Gasteiger partial charge on any atom is -0.550 e. The predicted molar refractivity (Wildman–Crippen MR) is 108 cm³/mol. The summed E-state index contributed by atoms with van der Waals surface area (Å²) in [5.41, 5.74) is 0. The van der Waals surface area contributed by atoms with Crippen molar-refractivity contribution in [3.63, 3.8) is 0 Å². The van der Waals surface area contributed by atoms with Crippen LogP contribution in [0.1, 0.15) is 142 Å². The molecule has 0 bridgehead atoms. The van der Waals surface area contributed by atoms with E-state index in [2.05, 4.69) is 6.92 Å². The molecule has 0 fully saturated rings. The van der Waals surface area contributed by atoms with Gasteiger partial charge >= 0.3 is 68.9 Å². The molecule has 0 aliphatic rings. The molecule has 0 aromatic heterocycles. The van der Waals surface area contributed by atoms with E-state index in [9.17, 15) is 9.90 Å². The van der Waals surface area contributed by atoms with Gasteiger partial charge < -0.3 is 9.90 Å². The molecular weight excluding hydrogens is 441 g/mol. The third-order valence-corrected chi connectivity index (χ3v) is 5.23. The third kappa shape index (κ3) is 27.7. The van der Waals surface area contributed by atoms with E-state index >= 15 is 0 Å². The SMILES string of the molecule is CCCCCCCCCCCCCCCCCCCCCCC(=O)[O-].[Cs+]. The zero-order chi connectivity index (χ0) is 18.4. The van der Waals surface area contributed by atoms with Crippen LogP contribution in [-0.4, -0.2) is 5.97 Å². The van der Waals surface area contributed by atoms with Gasteiger partial charge in [-0.05, 0) is 12.8 Å². The Kier molecular flexibility index (Phi) is 30.3. The molecule has 0 atom stereocenters. The Labute approximate surface area is 223 Å². The number of rotatable bonds is 21. The van der Waals surface area contributed by atoms with Gasteiger partial charge in [0.2, 0.25) is 0 Å². The maximum atomic E-state index is 10.3. The Morgan fingerprint density at radius 1 is 0.500 bits per heavy atom. The molecule has 0 unspecified atom stereocenters. The van der Waals surface area contributed by atoms with E-state index < -0.39 is 5.97 Å². The number of carbonyl (C=O) groups is 1. The molecule has 3 heteroatoms. The Bertz CT molecular complexity index is 269. The van der Waals surface area contributed by atoms with E-state index in [1.807, 2.05) is 0 Å². The van der Waals surface area contributed by atoms with E-state index in [1.165, 1.54) is 116 Å². The van der Waals surface area contributed by atoms with Crippen LogP contribution in [0.3, 0.4) is 0 Å². The van der Waals surface area contributed by atoms with Gasteiger partial charge in [-0.3, -0.25) is 0 Å². The van der Waals surface area contributed by atoms with Crippen LogP contribution in [0.4, 0.5) is 0 Å². The van der Waals surface area contributed by atoms with E-state index in [4.69, 9.17) is 0 Å². The van der Waals surface area contributed by atoms with Gasteiger partial charge in [-0.1, -0.05) is 129 Å². The second-order valence-corrected chi connectivity index (χ2v) is 7.84. The van der Waals surface area contributed by atoms with E-state index in [0.29, 0.717) is 0 Å². The van der Waals surface area contributed by atoms with Crippen LogP contribution >= 0.6 is 0 Å². The second-order valence-electron chi connectivity index (χ2n) is 7.84. The molecule has 150 valence electrons. The van der Waals surface area contributed by atoms with Crippen molar-refractivity contribution < 1.29 is 78.8 Å². The standard InChI is InChI=1S/C23H46O2.Cs/c1-2-3-4-5-6-7-8-9-10-11-12-13-14-15-16-17-18-19-20-21-22-23(24)25;/h2-22H2,1H3,(H,24,25);/q;+1/p-1. The molecule has 26 heavy (non-hydrogen) atoms. The van der Waals surface area contributed by atoms with Gasteiger partial charge in [0, 0.05) is 5.97 Å². The number of aliphatic carboxylic acids is 1. The fraction of sp³-hybridized carbons (Fsp3) is 0.957. The molecule has 0 aliphatic heterocycles. The molecule has 0 aromatic rings. The normalized spacial score (nSPS) is 10.7. The third-order valence-electron chi connectivity index (χ3n) is 5.23. The van der Waals surface area contributed by atoms with Crippen molar-refractivity contribution in [1.29, 1.82) is 0 Å². The molecule has 0 amide bonds. The number of unbranched alkanes of at least 4 members (excludes halogenated alkanes) is 19. The van der Waals surface area contributed by atoms with Crippen molar-refractivity contribution in [3.8, 4) is 0 Å². The summed E-state index contributed by atoms with van der Waals surface area (Å²) < 4.78 is 0. The first-order valence-corrected chi connectivity index (χ1v) is 11.5. The maximum absolute atomic E-state index is 10.3. The Balaban J connectivity index is 0. The zero-order valence-electron chi connectivity index (χ0n) is 18.2. The molecule has 0 aliphatic carbocycles. The molecule has 0 N–H and O–H groups in total. The summed E-state index contributed by atoms with van der Waals surface area (Å²) >= 11 is 0. The summed E-state index contributed by atoms with van der Waals surface area (Å²) in [6, 6.07) is 0. The maximum Gasteiger partial charge on any atom is 1.00 e. The summed E-state index contributed by atoms with van der Waals surface area (Å²) in [5, 5.41) is 10.3. The fourth-order valence-electron chi connectivity index (χ4n) is 3.52. The number of carboxylic acid groups (broad SMARTS) is 1. The van der Waals surface area contributed by atoms with Crippen LogP contribution in [0.2, 0.25) is 0 Å². The van der Waals surface area contributed by atoms with Crippen LogP contribution in [-0.2, 0) is 4.79 Å². The van der Waals surface area contributed by atoms with E-state index in [1.54, 1.807) is 0 Å². The van der Waals surface area contributed by atoms with Gasteiger partial charge in [0.15, 0.2) is 0 Å². The molecule has 0 aromatic carbocycles. The first-order valence-electron chi connectivity index (χ1n) is 11.5. The summed E-state index contributed by atoms with van der Waals surface area (Å²) in [6.07, 6.45) is 27.2. The molecule has 0 rings (SSSR count). The van der Waals surface area contributed by atoms with Crippen molar-refractivity contribution in [2.75, 3.05) is 0 Å². The van der Waals surface area contributed by atoms with Gasteiger partial charge in [0.1, 0.15) is 0 Å². The smallest absolute Gasteiger partial charge is 0.550 e. The molecular formula is C23H45CsO2. The number of carboxylic acids is 1. The van der Waals surface area contributed by atoms with Gasteiger partial charge in [0.25, 0.3) is 0 Å². The fourth-order valence-corrected chi connectivity index (χ4v) is 3.52. The Morgan fingerprint density at radius 3 is 0.962 bits per heavy atom. The summed E-state index contributed by atoms with van der Waals surface area (Å²) in [7, 11) is 0. The first kappa shape index (κ1) is 29.7. The topological polar surface area (TPSA) is 40.1 Å². The van der Waals surface area contributed by atoms with Gasteiger partial charge in [-0.25, -0.2) is 0 Å². The molecule has 0 spiro atoms. The Morgan fingerprint density at radius 2 is 0.731 bits per heavy atom. The first-order chi connectivity index (χ1) is 12.3. The van der Waals surface area contributed by atoms with Crippen LogP contribution < -0.4 is 74.0 Å². The Hall–Kier alpha value is 1.52. The van der Waals surface area contributed by atoms with Crippen LogP contribution in [0.25, 0.3) is 0 Å². The monoisotopic (exact) mass is 486 g/mol. The van der Waals surface area contributed by atoms with Crippen molar-refractivity contribution in [2.45, 2.75) is 142 Å². The van der Waals surface area contributed by atoms with Crippen molar-refractivity contribution in [3.05, 3.63) is 0 Å². The van der Waals surface area contributed by atoms with Crippen LogP contribution in [0.5, 0.6) is 0 Å². The predicted octanol–water partition coefficient (Wildman–Crippen LogP) is 3.95. The van der Waals surface area contributed by atoms with Crippen molar-refractivity contribution in [2.24, 2.45) is 0 Å². The summed E-state index contributed by atoms with van der Waals surface area (Å²) in [4.78, 5) is 10.3. The van der Waals surface area contributed by atoms with E-state index in [0.717, 1.165) is 12.8 Å². The second kappa shape index (κ2) is 26.5. The summed E-state index contributed by atoms with van der Waals surface area (Å²) in [6.45, 7) is 2.28. The zero-order valence-corrected chi connectivity index (χ0v) is 24.4. The minimum atomic E-state index is -0.901. The molecule has 0 radical (unpaired) electrons. The van der Waals surface area contributed by atoms with Crippen LogP contribution in [0.15, 0.2) is 0 Å².